The minimum atomic E-state index is -0.835. The Balaban J connectivity index is 1.92. The molecule has 0 aliphatic carbocycles. The van der Waals surface area contributed by atoms with Crippen molar-refractivity contribution in [2.45, 2.75) is 26.8 Å². The molecule has 0 bridgehead atoms. The number of Topliss-reactive ketones (excluding diaryl/α,β-unsaturated/α-hetero) is 1. The molecule has 3 aromatic carbocycles. The Morgan fingerprint density at radius 1 is 0.971 bits per heavy atom. The van der Waals surface area contributed by atoms with E-state index in [1.165, 1.54) is 4.90 Å². The first-order chi connectivity index (χ1) is 16.8. The summed E-state index contributed by atoms with van der Waals surface area (Å²) in [6.07, 6.45) is 0. The van der Waals surface area contributed by atoms with Crippen LogP contribution < -0.4 is 14.4 Å². The third kappa shape index (κ3) is 4.75. The SMILES string of the molecule is CCOc1cccc(N2C(=O)C(=O)/C(=C(/O)c3ccc(Cl)c(OCC)c3)C2c2cccc(C)c2)c1. The van der Waals surface area contributed by atoms with Gasteiger partial charge in [0.15, 0.2) is 0 Å². The normalized spacial score (nSPS) is 17.0. The summed E-state index contributed by atoms with van der Waals surface area (Å²) in [6, 6.07) is 18.4. The van der Waals surface area contributed by atoms with Gasteiger partial charge >= 0.3 is 0 Å². The fraction of sp³-hybridized carbons (Fsp3) is 0.214. The number of nitrogens with zero attached hydrogens (tertiary/aromatic N) is 1. The lowest BCUT2D eigenvalue weighted by molar-refractivity contribution is -0.132. The van der Waals surface area contributed by atoms with Crippen LogP contribution in [0, 0.1) is 6.92 Å². The van der Waals surface area contributed by atoms with Crippen molar-refractivity contribution in [3.05, 3.63) is 94.0 Å². The molecular weight excluding hydrogens is 466 g/mol. The fourth-order valence-electron chi connectivity index (χ4n) is 4.22. The molecule has 1 saturated heterocycles. The van der Waals surface area contributed by atoms with Gasteiger partial charge < -0.3 is 14.6 Å². The Morgan fingerprint density at radius 3 is 2.43 bits per heavy atom. The lowest BCUT2D eigenvalue weighted by atomic mass is 9.94. The van der Waals surface area contributed by atoms with E-state index in [1.807, 2.05) is 45.0 Å². The van der Waals surface area contributed by atoms with E-state index < -0.39 is 17.7 Å². The maximum Gasteiger partial charge on any atom is 0.300 e. The van der Waals surface area contributed by atoms with Gasteiger partial charge in [0, 0.05) is 17.3 Å². The number of amides is 1. The van der Waals surface area contributed by atoms with Crippen molar-refractivity contribution in [1.82, 2.24) is 0 Å². The van der Waals surface area contributed by atoms with Crippen molar-refractivity contribution < 1.29 is 24.2 Å². The van der Waals surface area contributed by atoms with E-state index >= 15 is 0 Å². The van der Waals surface area contributed by atoms with Gasteiger partial charge in [-0.1, -0.05) is 47.5 Å². The second-order valence-corrected chi connectivity index (χ2v) is 8.50. The number of aliphatic hydroxyl groups is 1. The zero-order chi connectivity index (χ0) is 25.1. The summed E-state index contributed by atoms with van der Waals surface area (Å²) in [5.41, 5.74) is 2.48. The Kier molecular flexibility index (Phi) is 7.12. The Morgan fingerprint density at radius 2 is 1.71 bits per heavy atom. The van der Waals surface area contributed by atoms with Gasteiger partial charge in [0.2, 0.25) is 0 Å². The van der Waals surface area contributed by atoms with Gasteiger partial charge in [-0.3, -0.25) is 14.5 Å². The third-order valence-corrected chi connectivity index (χ3v) is 6.03. The molecule has 180 valence electrons. The Bertz CT molecular complexity index is 1320. The van der Waals surface area contributed by atoms with Crippen LogP contribution in [0.15, 0.2) is 72.3 Å². The number of carbonyl (C=O) groups excluding carboxylic acids is 2. The van der Waals surface area contributed by atoms with Crippen LogP contribution in [0.1, 0.15) is 36.6 Å². The van der Waals surface area contributed by atoms with E-state index in [1.54, 1.807) is 42.5 Å². The zero-order valence-electron chi connectivity index (χ0n) is 19.7. The first kappa shape index (κ1) is 24.4. The average Bonchev–Trinajstić information content (AvgIpc) is 3.11. The van der Waals surface area contributed by atoms with Crippen molar-refractivity contribution in [2.24, 2.45) is 0 Å². The molecule has 1 atom stereocenters. The second kappa shape index (κ2) is 10.2. The van der Waals surface area contributed by atoms with Crippen LogP contribution in [-0.2, 0) is 9.59 Å². The molecule has 4 rings (SSSR count). The molecule has 1 aliphatic heterocycles. The summed E-state index contributed by atoms with van der Waals surface area (Å²) in [4.78, 5) is 28.1. The average molecular weight is 492 g/mol. The van der Waals surface area contributed by atoms with Crippen LogP contribution in [0.2, 0.25) is 5.02 Å². The number of anilines is 1. The molecule has 1 N–H and O–H groups in total. The second-order valence-electron chi connectivity index (χ2n) is 8.09. The number of ketones is 1. The predicted molar refractivity (Wildman–Crippen MR) is 136 cm³/mol. The number of carbonyl (C=O) groups is 2. The van der Waals surface area contributed by atoms with Gasteiger partial charge in [0.25, 0.3) is 11.7 Å². The molecule has 3 aromatic rings. The van der Waals surface area contributed by atoms with Gasteiger partial charge in [-0.25, -0.2) is 0 Å². The van der Waals surface area contributed by atoms with Gasteiger partial charge in [0.05, 0.1) is 29.9 Å². The summed E-state index contributed by atoms with van der Waals surface area (Å²) in [7, 11) is 0. The summed E-state index contributed by atoms with van der Waals surface area (Å²) >= 11 is 6.21. The van der Waals surface area contributed by atoms with Crippen LogP contribution in [0.3, 0.4) is 0 Å². The van der Waals surface area contributed by atoms with Crippen molar-refractivity contribution in [2.75, 3.05) is 18.1 Å². The molecule has 6 nitrogen and oxygen atoms in total. The minimum absolute atomic E-state index is 0.00724. The topological polar surface area (TPSA) is 76.1 Å². The molecule has 7 heteroatoms. The number of aliphatic hydroxyl groups excluding tert-OH is 1. The fourth-order valence-corrected chi connectivity index (χ4v) is 4.39. The highest BCUT2D eigenvalue weighted by atomic mass is 35.5. The molecule has 1 fully saturated rings. The van der Waals surface area contributed by atoms with E-state index in [9.17, 15) is 14.7 Å². The molecule has 1 unspecified atom stereocenters. The van der Waals surface area contributed by atoms with Gasteiger partial charge in [0.1, 0.15) is 17.3 Å². The number of halogens is 1. The van der Waals surface area contributed by atoms with Crippen LogP contribution in [0.4, 0.5) is 5.69 Å². The van der Waals surface area contributed by atoms with Gasteiger partial charge in [-0.15, -0.1) is 0 Å². The van der Waals surface area contributed by atoms with Crippen molar-refractivity contribution in [3.63, 3.8) is 0 Å². The molecule has 0 aromatic heterocycles. The number of rotatable bonds is 7. The van der Waals surface area contributed by atoms with Crippen molar-refractivity contribution in [3.8, 4) is 11.5 Å². The third-order valence-electron chi connectivity index (χ3n) is 5.71. The largest absolute Gasteiger partial charge is 0.507 e. The smallest absolute Gasteiger partial charge is 0.300 e. The lowest BCUT2D eigenvalue weighted by Crippen LogP contribution is -2.29. The Hall–Kier alpha value is -3.77. The molecule has 1 amide bonds. The standard InChI is InChI=1S/C28H26ClNO5/c1-4-34-21-11-7-10-20(16-21)30-25(18-9-6-8-17(3)14-18)24(27(32)28(30)33)26(31)19-12-13-22(29)23(15-19)35-5-2/h6-16,25,31H,4-5H2,1-3H3/b26-24+. The van der Waals surface area contributed by atoms with E-state index in [-0.39, 0.29) is 11.3 Å². The first-order valence-corrected chi connectivity index (χ1v) is 11.8. The maximum absolute atomic E-state index is 13.4. The number of hydrogen-bond donors (Lipinski definition) is 1. The van der Waals surface area contributed by atoms with E-state index in [4.69, 9.17) is 21.1 Å². The van der Waals surface area contributed by atoms with Crippen molar-refractivity contribution in [1.29, 1.82) is 0 Å². The van der Waals surface area contributed by atoms with Crippen LogP contribution in [0.25, 0.3) is 5.76 Å². The Labute approximate surface area is 209 Å². The molecule has 0 spiro atoms. The molecular formula is C28H26ClNO5. The summed E-state index contributed by atoms with van der Waals surface area (Å²) in [5.74, 6) is -0.844. The lowest BCUT2D eigenvalue weighted by Gasteiger charge is -2.26. The zero-order valence-corrected chi connectivity index (χ0v) is 20.5. The van der Waals surface area contributed by atoms with Crippen LogP contribution >= 0.6 is 11.6 Å². The van der Waals surface area contributed by atoms with Gasteiger partial charge in [-0.05, 0) is 56.7 Å². The summed E-state index contributed by atoms with van der Waals surface area (Å²) in [5, 5.41) is 11.7. The number of hydrogen-bond acceptors (Lipinski definition) is 5. The molecule has 1 aliphatic rings. The summed E-state index contributed by atoms with van der Waals surface area (Å²) in [6.45, 7) is 6.46. The monoisotopic (exact) mass is 491 g/mol. The number of benzene rings is 3. The maximum atomic E-state index is 13.4. The highest BCUT2D eigenvalue weighted by Gasteiger charge is 2.47. The number of ether oxygens (including phenoxy) is 2. The number of aryl methyl sites for hydroxylation is 1. The molecule has 1 heterocycles. The predicted octanol–water partition coefficient (Wildman–Crippen LogP) is 6.07. The highest BCUT2D eigenvalue weighted by Crippen LogP contribution is 2.43. The van der Waals surface area contributed by atoms with Gasteiger partial charge in [-0.2, -0.15) is 0 Å². The van der Waals surface area contributed by atoms with E-state index in [0.717, 1.165) is 5.56 Å². The molecule has 0 radical (unpaired) electrons. The van der Waals surface area contributed by atoms with Crippen LogP contribution in [-0.4, -0.2) is 30.0 Å². The van der Waals surface area contributed by atoms with Crippen LogP contribution in [0.5, 0.6) is 11.5 Å². The summed E-state index contributed by atoms with van der Waals surface area (Å²) < 4.78 is 11.2. The quantitative estimate of drug-likeness (QED) is 0.246. The minimum Gasteiger partial charge on any atom is -0.507 e. The van der Waals surface area contributed by atoms with E-state index in [0.29, 0.717) is 46.5 Å². The molecule has 0 saturated carbocycles. The first-order valence-electron chi connectivity index (χ1n) is 11.4. The van der Waals surface area contributed by atoms with E-state index in [2.05, 4.69) is 0 Å². The van der Waals surface area contributed by atoms with Crippen molar-refractivity contribution >= 4 is 34.7 Å². The molecule has 35 heavy (non-hydrogen) atoms. The highest BCUT2D eigenvalue weighted by molar-refractivity contribution is 6.51.